The molecule has 0 spiro atoms. The monoisotopic (exact) mass is 560 g/mol. The molecule has 3 aromatic rings. The lowest BCUT2D eigenvalue weighted by Crippen LogP contribution is -2.37. The van der Waals surface area contributed by atoms with Gasteiger partial charge in [0.2, 0.25) is 16.8 Å². The average molecular weight is 561 g/mol. The van der Waals surface area contributed by atoms with Crippen molar-refractivity contribution >= 4 is 42.6 Å². The predicted octanol–water partition coefficient (Wildman–Crippen LogP) is 4.54. The second-order valence-electron chi connectivity index (χ2n) is 10.6. The highest BCUT2D eigenvalue weighted by Crippen LogP contribution is 2.40. The van der Waals surface area contributed by atoms with Gasteiger partial charge in [0.1, 0.15) is 0 Å². The largest absolute Gasteiger partial charge is 0.454 e. The standard InChI is InChI=1S/C27H36N4O5S2/c1-18(2)15-30(16-19(3)4)38(33,34)21-9-7-20(8-10-21)26(32)31(12-11-29(5)6)27-28-22-13-23-24(36-17-35-23)14-25(22)37-27/h7-10,13-14,18-19H,11-12,15-17H2,1-6H3. The lowest BCUT2D eigenvalue weighted by Gasteiger charge is -2.26. The van der Waals surface area contributed by atoms with Crippen LogP contribution in [0.1, 0.15) is 38.1 Å². The van der Waals surface area contributed by atoms with Crippen molar-refractivity contribution in [2.75, 3.05) is 52.0 Å². The number of benzene rings is 2. The Labute approximate surface area is 229 Å². The van der Waals surface area contributed by atoms with Crippen LogP contribution in [0, 0.1) is 11.8 Å². The summed E-state index contributed by atoms with van der Waals surface area (Å²) in [6, 6.07) is 9.93. The number of carbonyl (C=O) groups is 1. The van der Waals surface area contributed by atoms with Crippen LogP contribution >= 0.6 is 11.3 Å². The molecule has 0 saturated heterocycles. The molecule has 206 valence electrons. The Morgan fingerprint density at radius 3 is 2.16 bits per heavy atom. The number of amides is 1. The van der Waals surface area contributed by atoms with Gasteiger partial charge in [-0.1, -0.05) is 39.0 Å². The molecule has 2 aromatic carbocycles. The molecular formula is C27H36N4O5S2. The molecule has 1 aromatic heterocycles. The summed E-state index contributed by atoms with van der Waals surface area (Å²) >= 11 is 1.41. The zero-order valence-corrected chi connectivity index (χ0v) is 24.4. The first-order valence-corrected chi connectivity index (χ1v) is 15.0. The van der Waals surface area contributed by atoms with Crippen LogP contribution in [0.2, 0.25) is 0 Å². The van der Waals surface area contributed by atoms with Gasteiger partial charge in [-0.05, 0) is 50.2 Å². The van der Waals surface area contributed by atoms with Gasteiger partial charge >= 0.3 is 0 Å². The van der Waals surface area contributed by atoms with Crippen molar-refractivity contribution in [3.8, 4) is 11.5 Å². The Bertz CT molecular complexity index is 1330. The zero-order valence-electron chi connectivity index (χ0n) is 22.8. The molecule has 0 radical (unpaired) electrons. The van der Waals surface area contributed by atoms with E-state index >= 15 is 0 Å². The predicted molar refractivity (Wildman–Crippen MR) is 151 cm³/mol. The minimum absolute atomic E-state index is 0.185. The summed E-state index contributed by atoms with van der Waals surface area (Å²) in [4.78, 5) is 22.2. The fourth-order valence-corrected chi connectivity index (χ4v) is 6.93. The van der Waals surface area contributed by atoms with Crippen molar-refractivity contribution in [2.24, 2.45) is 11.8 Å². The molecule has 1 amide bonds. The first kappa shape index (κ1) is 28.3. The van der Waals surface area contributed by atoms with Crippen LogP contribution < -0.4 is 14.4 Å². The van der Waals surface area contributed by atoms with Crippen molar-refractivity contribution in [1.82, 2.24) is 14.2 Å². The van der Waals surface area contributed by atoms with E-state index < -0.39 is 10.0 Å². The molecule has 1 aliphatic heterocycles. The fraction of sp³-hybridized carbons (Fsp3) is 0.481. The Morgan fingerprint density at radius 2 is 1.58 bits per heavy atom. The van der Waals surface area contributed by atoms with E-state index in [2.05, 4.69) is 0 Å². The van der Waals surface area contributed by atoms with Crippen LogP contribution in [-0.4, -0.2) is 75.6 Å². The van der Waals surface area contributed by atoms with Gasteiger partial charge in [-0.2, -0.15) is 4.31 Å². The van der Waals surface area contributed by atoms with Crippen LogP contribution in [0.5, 0.6) is 11.5 Å². The van der Waals surface area contributed by atoms with Crippen molar-refractivity contribution in [3.63, 3.8) is 0 Å². The second-order valence-corrected chi connectivity index (χ2v) is 13.5. The van der Waals surface area contributed by atoms with Gasteiger partial charge in [0, 0.05) is 43.9 Å². The molecule has 38 heavy (non-hydrogen) atoms. The molecule has 0 aliphatic carbocycles. The van der Waals surface area contributed by atoms with E-state index in [9.17, 15) is 13.2 Å². The number of hydrogen-bond acceptors (Lipinski definition) is 8. The second kappa shape index (κ2) is 11.6. The highest BCUT2D eigenvalue weighted by Gasteiger charge is 2.27. The van der Waals surface area contributed by atoms with Gasteiger partial charge in [0.15, 0.2) is 16.6 Å². The van der Waals surface area contributed by atoms with E-state index in [0.29, 0.717) is 48.4 Å². The van der Waals surface area contributed by atoms with Gasteiger partial charge in [-0.15, -0.1) is 0 Å². The Kier molecular flexibility index (Phi) is 8.61. The van der Waals surface area contributed by atoms with E-state index in [1.807, 2.05) is 58.8 Å². The summed E-state index contributed by atoms with van der Waals surface area (Å²) in [6.45, 7) is 10.1. The molecular weight excluding hydrogens is 524 g/mol. The number of hydrogen-bond donors (Lipinski definition) is 0. The number of carbonyl (C=O) groups excluding carboxylic acids is 1. The maximum Gasteiger partial charge on any atom is 0.260 e. The molecule has 0 N–H and O–H groups in total. The van der Waals surface area contributed by atoms with E-state index in [1.165, 1.54) is 27.8 Å². The quantitative estimate of drug-likeness (QED) is 0.340. The fourth-order valence-electron chi connectivity index (χ4n) is 4.17. The zero-order chi connectivity index (χ0) is 27.6. The van der Waals surface area contributed by atoms with Crippen LogP contribution in [0.4, 0.5) is 5.13 Å². The molecule has 9 nitrogen and oxygen atoms in total. The van der Waals surface area contributed by atoms with Crippen LogP contribution in [0.3, 0.4) is 0 Å². The Morgan fingerprint density at radius 1 is 0.974 bits per heavy atom. The topological polar surface area (TPSA) is 92.3 Å². The molecule has 0 bridgehead atoms. The summed E-state index contributed by atoms with van der Waals surface area (Å²) in [5.74, 6) is 1.46. The molecule has 1 aliphatic rings. The van der Waals surface area contributed by atoms with Crippen molar-refractivity contribution in [2.45, 2.75) is 32.6 Å². The SMILES string of the molecule is CC(C)CN(CC(C)C)S(=O)(=O)c1ccc(C(=O)N(CCN(C)C)c2nc3cc4c(cc3s2)OCO4)cc1. The first-order valence-electron chi connectivity index (χ1n) is 12.7. The number of nitrogens with zero attached hydrogens (tertiary/aromatic N) is 4. The van der Waals surface area contributed by atoms with E-state index in [4.69, 9.17) is 14.5 Å². The molecule has 11 heteroatoms. The lowest BCUT2D eigenvalue weighted by molar-refractivity contribution is 0.0985. The molecule has 0 saturated carbocycles. The Hall–Kier alpha value is -2.73. The van der Waals surface area contributed by atoms with Gasteiger partial charge < -0.3 is 14.4 Å². The number of thiazole rings is 1. The maximum atomic E-state index is 13.7. The number of anilines is 1. The van der Waals surface area contributed by atoms with Gasteiger partial charge in [0.25, 0.3) is 5.91 Å². The lowest BCUT2D eigenvalue weighted by atomic mass is 10.2. The number of rotatable bonds is 11. The van der Waals surface area contributed by atoms with Crippen LogP contribution in [0.25, 0.3) is 10.2 Å². The number of ether oxygens (including phenoxy) is 2. The number of fused-ring (bicyclic) bond motifs is 2. The summed E-state index contributed by atoms with van der Waals surface area (Å²) in [6.07, 6.45) is 0. The van der Waals surface area contributed by atoms with E-state index in [0.717, 1.165) is 10.2 Å². The Balaban J connectivity index is 1.62. The van der Waals surface area contributed by atoms with Crippen LogP contribution in [-0.2, 0) is 10.0 Å². The number of sulfonamides is 1. The third-order valence-electron chi connectivity index (χ3n) is 5.99. The van der Waals surface area contributed by atoms with E-state index in [1.54, 1.807) is 17.0 Å². The number of aromatic nitrogens is 1. The third kappa shape index (κ3) is 6.28. The first-order chi connectivity index (χ1) is 18.0. The summed E-state index contributed by atoms with van der Waals surface area (Å²) in [5, 5.41) is 0.562. The summed E-state index contributed by atoms with van der Waals surface area (Å²) in [5.41, 5.74) is 1.13. The third-order valence-corrected chi connectivity index (χ3v) is 8.88. The summed E-state index contributed by atoms with van der Waals surface area (Å²) < 4.78 is 40.2. The average Bonchev–Trinajstić information content (AvgIpc) is 3.47. The molecule has 2 heterocycles. The molecule has 0 fully saturated rings. The minimum atomic E-state index is -3.68. The summed E-state index contributed by atoms with van der Waals surface area (Å²) in [7, 11) is 0.206. The highest BCUT2D eigenvalue weighted by atomic mass is 32.2. The van der Waals surface area contributed by atoms with E-state index in [-0.39, 0.29) is 29.4 Å². The normalized spacial score (nSPS) is 13.4. The van der Waals surface area contributed by atoms with Gasteiger partial charge in [-0.25, -0.2) is 13.4 Å². The van der Waals surface area contributed by atoms with Gasteiger partial charge in [-0.3, -0.25) is 9.69 Å². The molecule has 0 atom stereocenters. The highest BCUT2D eigenvalue weighted by molar-refractivity contribution is 7.89. The number of likely N-dealkylation sites (N-methyl/N-ethyl adjacent to an activating group) is 1. The smallest absolute Gasteiger partial charge is 0.260 e. The minimum Gasteiger partial charge on any atom is -0.454 e. The van der Waals surface area contributed by atoms with Crippen LogP contribution in [0.15, 0.2) is 41.3 Å². The maximum absolute atomic E-state index is 13.7. The van der Waals surface area contributed by atoms with Gasteiger partial charge in [0.05, 0.1) is 15.1 Å². The van der Waals surface area contributed by atoms with Crippen molar-refractivity contribution < 1.29 is 22.7 Å². The van der Waals surface area contributed by atoms with Crippen molar-refractivity contribution in [1.29, 1.82) is 0 Å². The molecule has 4 rings (SSSR count). The van der Waals surface area contributed by atoms with Crippen molar-refractivity contribution in [3.05, 3.63) is 42.0 Å². The molecule has 0 unspecified atom stereocenters.